The molecule has 0 spiro atoms. The maximum atomic E-state index is 8.43. The summed E-state index contributed by atoms with van der Waals surface area (Å²) in [5.74, 6) is 0.805. The van der Waals surface area contributed by atoms with Crippen molar-refractivity contribution in [2.24, 2.45) is 5.11 Å². The van der Waals surface area contributed by atoms with Crippen LogP contribution in [-0.4, -0.2) is 26.5 Å². The lowest BCUT2D eigenvalue weighted by Gasteiger charge is -2.20. The van der Waals surface area contributed by atoms with Crippen LogP contribution in [0.5, 0.6) is 0 Å². The van der Waals surface area contributed by atoms with Gasteiger partial charge in [-0.3, -0.25) is 0 Å². The lowest BCUT2D eigenvalue weighted by atomic mass is 10.1. The predicted octanol–water partition coefficient (Wildman–Crippen LogP) is 2.84. The molecule has 8 nitrogen and oxygen atoms in total. The summed E-state index contributed by atoms with van der Waals surface area (Å²) < 4.78 is 0. The van der Waals surface area contributed by atoms with Crippen molar-refractivity contribution in [3.8, 4) is 0 Å². The third kappa shape index (κ3) is 4.84. The van der Waals surface area contributed by atoms with Gasteiger partial charge in [0.2, 0.25) is 17.8 Å². The Labute approximate surface area is 106 Å². The summed E-state index contributed by atoms with van der Waals surface area (Å²) in [6, 6.07) is 0.175. The first-order chi connectivity index (χ1) is 8.30. The van der Waals surface area contributed by atoms with Crippen molar-refractivity contribution in [2.45, 2.75) is 46.2 Å². The number of anilines is 2. The highest BCUT2D eigenvalue weighted by Gasteiger charge is 2.13. The zero-order valence-electron chi connectivity index (χ0n) is 11.3. The van der Waals surface area contributed by atoms with E-state index in [-0.39, 0.29) is 17.5 Å². The zero-order valence-corrected chi connectivity index (χ0v) is 11.3. The molecule has 8 heteroatoms. The average Bonchev–Trinajstić information content (AvgIpc) is 2.12. The summed E-state index contributed by atoms with van der Waals surface area (Å²) in [6.07, 6.45) is 0. The van der Waals surface area contributed by atoms with Gasteiger partial charge in [0.05, 0.1) is 0 Å². The van der Waals surface area contributed by atoms with Gasteiger partial charge in [0.15, 0.2) is 0 Å². The highest BCUT2D eigenvalue weighted by Crippen LogP contribution is 2.16. The predicted molar refractivity (Wildman–Crippen MR) is 70.8 cm³/mol. The van der Waals surface area contributed by atoms with Crippen LogP contribution in [0.1, 0.15) is 34.6 Å². The van der Waals surface area contributed by atoms with E-state index < -0.39 is 0 Å². The summed E-state index contributed by atoms with van der Waals surface area (Å²) in [4.78, 5) is 14.9. The van der Waals surface area contributed by atoms with Gasteiger partial charge in [-0.05, 0) is 45.3 Å². The van der Waals surface area contributed by atoms with Crippen LogP contribution in [0.25, 0.3) is 10.4 Å². The zero-order chi connectivity index (χ0) is 13.8. The molecule has 0 aromatic carbocycles. The van der Waals surface area contributed by atoms with E-state index in [0.29, 0.717) is 11.9 Å². The molecule has 18 heavy (non-hydrogen) atoms. The first-order valence-corrected chi connectivity index (χ1v) is 5.66. The van der Waals surface area contributed by atoms with Crippen LogP contribution < -0.4 is 10.6 Å². The molecule has 0 fully saturated rings. The Morgan fingerprint density at radius 1 is 1.17 bits per heavy atom. The van der Waals surface area contributed by atoms with E-state index in [0.717, 1.165) is 0 Å². The maximum Gasteiger partial charge on any atom is 0.228 e. The molecule has 98 valence electrons. The van der Waals surface area contributed by atoms with Gasteiger partial charge in [0.25, 0.3) is 0 Å². The lowest BCUT2D eigenvalue weighted by molar-refractivity contribution is 0.625. The molecule has 0 amide bonds. The fourth-order valence-electron chi connectivity index (χ4n) is 1.16. The Bertz CT molecular complexity index is 455. The van der Waals surface area contributed by atoms with Gasteiger partial charge in [-0.15, -0.1) is 0 Å². The van der Waals surface area contributed by atoms with Crippen molar-refractivity contribution in [1.29, 1.82) is 0 Å². The van der Waals surface area contributed by atoms with E-state index in [1.54, 1.807) is 0 Å². The summed E-state index contributed by atoms with van der Waals surface area (Å²) in [5.41, 5.74) is 8.24. The smallest absolute Gasteiger partial charge is 0.228 e. The summed E-state index contributed by atoms with van der Waals surface area (Å²) in [7, 11) is 0. The van der Waals surface area contributed by atoms with Gasteiger partial charge in [-0.25, -0.2) is 0 Å². The first kappa shape index (κ1) is 14.0. The van der Waals surface area contributed by atoms with E-state index in [4.69, 9.17) is 5.53 Å². The van der Waals surface area contributed by atoms with Crippen molar-refractivity contribution in [2.75, 3.05) is 10.6 Å². The average molecular weight is 250 g/mol. The number of nitrogens with zero attached hydrogens (tertiary/aromatic N) is 6. The van der Waals surface area contributed by atoms with Crippen molar-refractivity contribution in [3.63, 3.8) is 0 Å². The van der Waals surface area contributed by atoms with E-state index in [9.17, 15) is 0 Å². The third-order valence-corrected chi connectivity index (χ3v) is 1.66. The van der Waals surface area contributed by atoms with Crippen LogP contribution in [0.4, 0.5) is 17.8 Å². The second kappa shape index (κ2) is 5.50. The Morgan fingerprint density at radius 2 is 1.78 bits per heavy atom. The normalized spacial score (nSPS) is 11.0. The van der Waals surface area contributed by atoms with Gasteiger partial charge < -0.3 is 10.6 Å². The number of nitrogens with one attached hydrogen (secondary N) is 2. The molecule has 0 saturated heterocycles. The van der Waals surface area contributed by atoms with Crippen molar-refractivity contribution < 1.29 is 0 Å². The molecule has 0 radical (unpaired) electrons. The van der Waals surface area contributed by atoms with Crippen LogP contribution in [-0.2, 0) is 0 Å². The van der Waals surface area contributed by atoms with E-state index in [1.165, 1.54) is 0 Å². The number of azide groups is 1. The standard InChI is InChI=1S/C10H18N8/c1-6(2)12-7-13-8(16-10(3,4)5)15-9(14-7)17-18-11/h6H,1-5H3,(H2,12,13,14,15,16). The Hall–Kier alpha value is -2.08. The molecule has 0 aliphatic carbocycles. The lowest BCUT2D eigenvalue weighted by Crippen LogP contribution is -2.27. The monoisotopic (exact) mass is 250 g/mol. The minimum atomic E-state index is -0.190. The SMILES string of the molecule is CC(C)Nc1nc(N=[N+]=[N-])nc(NC(C)(C)C)n1. The van der Waals surface area contributed by atoms with Crippen LogP contribution in [0, 0.1) is 0 Å². The molecule has 1 rings (SSSR count). The Balaban J connectivity index is 3.09. The van der Waals surface area contributed by atoms with Gasteiger partial charge in [-0.1, -0.05) is 0 Å². The van der Waals surface area contributed by atoms with Gasteiger partial charge in [-0.2, -0.15) is 15.0 Å². The van der Waals surface area contributed by atoms with Crippen LogP contribution >= 0.6 is 0 Å². The second-order valence-electron chi connectivity index (χ2n) is 5.15. The summed E-state index contributed by atoms with van der Waals surface area (Å²) in [6.45, 7) is 9.89. The first-order valence-electron chi connectivity index (χ1n) is 5.66. The molecule has 0 aliphatic heterocycles. The van der Waals surface area contributed by atoms with Gasteiger partial charge >= 0.3 is 0 Å². The molecule has 1 aromatic rings. The number of hydrogen-bond donors (Lipinski definition) is 2. The molecule has 0 unspecified atom stereocenters. The highest BCUT2D eigenvalue weighted by atomic mass is 15.3. The molecule has 0 aliphatic rings. The fourth-order valence-corrected chi connectivity index (χ4v) is 1.16. The molecule has 1 aromatic heterocycles. The number of aromatic nitrogens is 3. The van der Waals surface area contributed by atoms with Crippen LogP contribution in [0.15, 0.2) is 5.11 Å². The molecule has 0 saturated carbocycles. The second-order valence-corrected chi connectivity index (χ2v) is 5.15. The minimum Gasteiger partial charge on any atom is -0.352 e. The Morgan fingerprint density at radius 3 is 2.28 bits per heavy atom. The molecular formula is C10H18N8. The molecule has 0 atom stereocenters. The largest absolute Gasteiger partial charge is 0.352 e. The molecule has 0 bridgehead atoms. The van der Waals surface area contributed by atoms with Gasteiger partial charge in [0.1, 0.15) is 0 Å². The minimum absolute atomic E-state index is 0.0439. The van der Waals surface area contributed by atoms with Crippen molar-refractivity contribution in [1.82, 2.24) is 15.0 Å². The Kier molecular flexibility index (Phi) is 4.28. The van der Waals surface area contributed by atoms with Crippen LogP contribution in [0.3, 0.4) is 0 Å². The maximum absolute atomic E-state index is 8.43. The quantitative estimate of drug-likeness (QED) is 0.484. The molecular weight excluding hydrogens is 232 g/mol. The highest BCUT2D eigenvalue weighted by molar-refractivity contribution is 5.41. The van der Waals surface area contributed by atoms with E-state index in [1.807, 2.05) is 34.6 Å². The van der Waals surface area contributed by atoms with E-state index >= 15 is 0 Å². The molecule has 2 N–H and O–H groups in total. The number of rotatable bonds is 4. The third-order valence-electron chi connectivity index (χ3n) is 1.66. The topological polar surface area (TPSA) is 111 Å². The fraction of sp³-hybridized carbons (Fsp3) is 0.700. The summed E-state index contributed by atoms with van der Waals surface area (Å²) >= 11 is 0. The van der Waals surface area contributed by atoms with Gasteiger partial charge in [0, 0.05) is 16.5 Å². The van der Waals surface area contributed by atoms with E-state index in [2.05, 4.69) is 35.6 Å². The molecule has 1 heterocycles. The van der Waals surface area contributed by atoms with Crippen molar-refractivity contribution >= 4 is 17.8 Å². The van der Waals surface area contributed by atoms with Crippen LogP contribution in [0.2, 0.25) is 0 Å². The van der Waals surface area contributed by atoms with Crippen molar-refractivity contribution in [3.05, 3.63) is 10.4 Å². The summed E-state index contributed by atoms with van der Waals surface area (Å²) in [5, 5.41) is 9.56. The number of hydrogen-bond acceptors (Lipinski definition) is 6.